The molecule has 1 amide bonds. The first-order chi connectivity index (χ1) is 15.1. The molecule has 0 bridgehead atoms. The Hall–Kier alpha value is -2.39. The van der Waals surface area contributed by atoms with Crippen LogP contribution in [0.1, 0.15) is 42.0 Å². The van der Waals surface area contributed by atoms with E-state index in [1.54, 1.807) is 7.11 Å². The summed E-state index contributed by atoms with van der Waals surface area (Å²) in [7, 11) is 1.59. The molecule has 0 radical (unpaired) electrons. The summed E-state index contributed by atoms with van der Waals surface area (Å²) in [4.78, 5) is 24.8. The first kappa shape index (κ1) is 25.9. The zero-order valence-electron chi connectivity index (χ0n) is 17.5. The standard InChI is InChI=1S/C23H25BrF3NO4/c1-32-13-3-2-4-17(14-15-5-11-19(24)12-6-15)21(29)28-20(22(30)31)16-7-9-18(10-8-16)23(25,26)27/h5-12,17,20H,2-4,13-14H2,1H3,(H,28,29)(H,30,31). The predicted octanol–water partition coefficient (Wildman–Crippen LogP) is 5.39. The van der Waals surface area contributed by atoms with E-state index >= 15 is 0 Å². The maximum absolute atomic E-state index is 13.0. The van der Waals surface area contributed by atoms with Crippen LogP contribution in [0.15, 0.2) is 53.0 Å². The molecule has 9 heteroatoms. The molecule has 0 saturated carbocycles. The van der Waals surface area contributed by atoms with Gasteiger partial charge in [-0.25, -0.2) is 4.79 Å². The summed E-state index contributed by atoms with van der Waals surface area (Å²) in [6.07, 6.45) is -2.14. The number of hydrogen-bond donors (Lipinski definition) is 2. The Morgan fingerprint density at radius 2 is 1.69 bits per heavy atom. The molecular formula is C23H25BrF3NO4. The number of alkyl halides is 3. The lowest BCUT2D eigenvalue weighted by atomic mass is 9.92. The van der Waals surface area contributed by atoms with Crippen molar-refractivity contribution < 1.29 is 32.6 Å². The Morgan fingerprint density at radius 3 is 2.22 bits per heavy atom. The highest BCUT2D eigenvalue weighted by molar-refractivity contribution is 9.10. The van der Waals surface area contributed by atoms with Gasteiger partial charge < -0.3 is 15.2 Å². The number of carboxylic acids is 1. The lowest BCUT2D eigenvalue weighted by Gasteiger charge is -2.21. The number of aliphatic carboxylic acids is 1. The Bertz CT molecular complexity index is 886. The van der Waals surface area contributed by atoms with Crippen molar-refractivity contribution in [2.45, 2.75) is 37.9 Å². The van der Waals surface area contributed by atoms with Crippen LogP contribution in [0.4, 0.5) is 13.2 Å². The van der Waals surface area contributed by atoms with Crippen LogP contribution >= 0.6 is 15.9 Å². The fraction of sp³-hybridized carbons (Fsp3) is 0.391. The van der Waals surface area contributed by atoms with Crippen LogP contribution in [-0.2, 0) is 26.9 Å². The lowest BCUT2D eigenvalue weighted by molar-refractivity contribution is -0.142. The highest BCUT2D eigenvalue weighted by Crippen LogP contribution is 2.30. The molecule has 0 aliphatic rings. The number of benzene rings is 2. The third kappa shape index (κ3) is 7.94. The topological polar surface area (TPSA) is 75.6 Å². The number of amides is 1. The van der Waals surface area contributed by atoms with Crippen molar-refractivity contribution >= 4 is 27.8 Å². The highest BCUT2D eigenvalue weighted by atomic mass is 79.9. The number of carbonyl (C=O) groups excluding carboxylic acids is 1. The number of rotatable bonds is 11. The Labute approximate surface area is 193 Å². The molecule has 0 aromatic heterocycles. The van der Waals surface area contributed by atoms with E-state index in [-0.39, 0.29) is 5.56 Å². The van der Waals surface area contributed by atoms with Gasteiger partial charge in [0.15, 0.2) is 6.04 Å². The molecule has 2 atom stereocenters. The smallest absolute Gasteiger partial charge is 0.416 e. The second kappa shape index (κ2) is 12.0. The van der Waals surface area contributed by atoms with Crippen LogP contribution in [-0.4, -0.2) is 30.7 Å². The van der Waals surface area contributed by atoms with Crippen LogP contribution < -0.4 is 5.32 Å². The molecule has 2 aromatic carbocycles. The van der Waals surface area contributed by atoms with Crippen molar-refractivity contribution in [3.05, 3.63) is 69.7 Å². The van der Waals surface area contributed by atoms with Gasteiger partial charge in [-0.1, -0.05) is 46.6 Å². The van der Waals surface area contributed by atoms with Gasteiger partial charge in [0.1, 0.15) is 0 Å². The van der Waals surface area contributed by atoms with Crippen molar-refractivity contribution in [1.29, 1.82) is 0 Å². The van der Waals surface area contributed by atoms with E-state index < -0.39 is 35.6 Å². The summed E-state index contributed by atoms with van der Waals surface area (Å²) in [5, 5.41) is 12.1. The minimum atomic E-state index is -4.53. The van der Waals surface area contributed by atoms with Crippen LogP contribution in [0, 0.1) is 5.92 Å². The number of nitrogens with one attached hydrogen (secondary N) is 1. The van der Waals surface area contributed by atoms with Gasteiger partial charge in [0.05, 0.1) is 5.56 Å². The molecule has 2 aromatic rings. The Balaban J connectivity index is 2.17. The first-order valence-corrected chi connectivity index (χ1v) is 10.8. The maximum Gasteiger partial charge on any atom is 0.416 e. The van der Waals surface area contributed by atoms with Crippen molar-refractivity contribution in [1.82, 2.24) is 5.32 Å². The fourth-order valence-corrected chi connectivity index (χ4v) is 3.54. The molecule has 0 spiro atoms. The number of unbranched alkanes of at least 4 members (excludes halogenated alkanes) is 1. The number of methoxy groups -OCH3 is 1. The molecule has 5 nitrogen and oxygen atoms in total. The molecule has 0 saturated heterocycles. The number of carboxylic acid groups (broad SMARTS) is 1. The van der Waals surface area contributed by atoms with Gasteiger partial charge in [-0.05, 0) is 54.7 Å². The third-order valence-corrected chi connectivity index (χ3v) is 5.55. The van der Waals surface area contributed by atoms with Crippen LogP contribution in [0.5, 0.6) is 0 Å². The van der Waals surface area contributed by atoms with Crippen molar-refractivity contribution in [3.8, 4) is 0 Å². The van der Waals surface area contributed by atoms with Gasteiger partial charge in [0, 0.05) is 24.1 Å². The highest BCUT2D eigenvalue weighted by Gasteiger charge is 2.31. The van der Waals surface area contributed by atoms with E-state index in [4.69, 9.17) is 4.74 Å². The van der Waals surface area contributed by atoms with Crippen molar-refractivity contribution in [3.63, 3.8) is 0 Å². The van der Waals surface area contributed by atoms with E-state index in [1.165, 1.54) is 0 Å². The minimum Gasteiger partial charge on any atom is -0.479 e. The van der Waals surface area contributed by atoms with Gasteiger partial charge in [0.2, 0.25) is 5.91 Å². The fourth-order valence-electron chi connectivity index (χ4n) is 3.28. The molecule has 0 fully saturated rings. The zero-order valence-corrected chi connectivity index (χ0v) is 19.1. The second-order valence-electron chi connectivity index (χ2n) is 7.42. The molecule has 0 aliphatic heterocycles. The summed E-state index contributed by atoms with van der Waals surface area (Å²) in [5.74, 6) is -2.30. The largest absolute Gasteiger partial charge is 0.479 e. The first-order valence-electron chi connectivity index (χ1n) is 10.1. The molecule has 32 heavy (non-hydrogen) atoms. The van der Waals surface area contributed by atoms with Crippen molar-refractivity contribution in [2.24, 2.45) is 5.92 Å². The van der Waals surface area contributed by atoms with Gasteiger partial charge in [-0.3, -0.25) is 4.79 Å². The number of hydrogen-bond acceptors (Lipinski definition) is 3. The van der Waals surface area contributed by atoms with Crippen LogP contribution in [0.2, 0.25) is 0 Å². The molecule has 2 rings (SSSR count). The molecule has 2 unspecified atom stereocenters. The quantitative estimate of drug-likeness (QED) is 0.393. The van der Waals surface area contributed by atoms with Crippen LogP contribution in [0.25, 0.3) is 0 Å². The summed E-state index contributed by atoms with van der Waals surface area (Å²) >= 11 is 3.36. The number of halogens is 4. The van der Waals surface area contributed by atoms with Gasteiger partial charge >= 0.3 is 12.1 Å². The van der Waals surface area contributed by atoms with E-state index in [1.807, 2.05) is 24.3 Å². The molecule has 174 valence electrons. The Morgan fingerprint density at radius 1 is 1.06 bits per heavy atom. The lowest BCUT2D eigenvalue weighted by Crippen LogP contribution is -2.38. The summed E-state index contributed by atoms with van der Waals surface area (Å²) in [6.45, 7) is 0.552. The monoisotopic (exact) mass is 515 g/mol. The predicted molar refractivity (Wildman–Crippen MR) is 117 cm³/mol. The maximum atomic E-state index is 13.0. The van der Waals surface area contributed by atoms with E-state index in [2.05, 4.69) is 21.2 Å². The molecule has 0 aliphatic carbocycles. The van der Waals surface area contributed by atoms with Crippen molar-refractivity contribution in [2.75, 3.05) is 13.7 Å². The van der Waals surface area contributed by atoms with Gasteiger partial charge in [-0.15, -0.1) is 0 Å². The van der Waals surface area contributed by atoms with Crippen LogP contribution in [0.3, 0.4) is 0 Å². The zero-order chi connectivity index (χ0) is 23.7. The Kier molecular flexibility index (Phi) is 9.71. The van der Waals surface area contributed by atoms with E-state index in [9.17, 15) is 27.9 Å². The molecular weight excluding hydrogens is 491 g/mol. The van der Waals surface area contributed by atoms with E-state index in [0.717, 1.165) is 40.7 Å². The van der Waals surface area contributed by atoms with Gasteiger partial charge in [0.25, 0.3) is 0 Å². The van der Waals surface area contributed by atoms with E-state index in [0.29, 0.717) is 25.9 Å². The summed E-state index contributed by atoms with van der Waals surface area (Å²) < 4.78 is 44.3. The normalized spacial score (nSPS) is 13.4. The number of ether oxygens (including phenoxy) is 1. The molecule has 0 heterocycles. The van der Waals surface area contributed by atoms with Gasteiger partial charge in [-0.2, -0.15) is 13.2 Å². The summed E-state index contributed by atoms with van der Waals surface area (Å²) in [6, 6.07) is 9.79. The SMILES string of the molecule is COCCCCC(Cc1ccc(Br)cc1)C(=O)NC(C(=O)O)c1ccc(C(F)(F)F)cc1. The minimum absolute atomic E-state index is 0.0700. The number of carbonyl (C=O) groups is 2. The third-order valence-electron chi connectivity index (χ3n) is 5.02. The average Bonchev–Trinajstić information content (AvgIpc) is 2.74. The average molecular weight is 516 g/mol. The summed E-state index contributed by atoms with van der Waals surface area (Å²) in [5.41, 5.74) is 0.102. The second-order valence-corrected chi connectivity index (χ2v) is 8.33. The molecule has 2 N–H and O–H groups in total.